The van der Waals surface area contributed by atoms with Crippen LogP contribution in [0.4, 0.5) is 0 Å². The lowest BCUT2D eigenvalue weighted by Crippen LogP contribution is -2.32. The maximum Gasteiger partial charge on any atom is 0.0835 e. The van der Waals surface area contributed by atoms with Gasteiger partial charge in [0.1, 0.15) is 0 Å². The first-order valence-electron chi connectivity index (χ1n) is 7.84. The van der Waals surface area contributed by atoms with Crippen molar-refractivity contribution in [1.82, 2.24) is 0 Å². The lowest BCUT2D eigenvalue weighted by molar-refractivity contribution is -0.0868. The first kappa shape index (κ1) is 16.0. The molecule has 0 aromatic heterocycles. The average molecular weight is 255 g/mol. The van der Waals surface area contributed by atoms with Crippen molar-refractivity contribution >= 4 is 0 Å². The molecule has 1 rings (SSSR count). The summed E-state index contributed by atoms with van der Waals surface area (Å²) in [5.74, 6) is 0. The summed E-state index contributed by atoms with van der Waals surface area (Å²) >= 11 is 0. The summed E-state index contributed by atoms with van der Waals surface area (Å²) in [5, 5.41) is 0. The van der Waals surface area contributed by atoms with E-state index in [-0.39, 0.29) is 12.2 Å². The Labute approximate surface area is 113 Å². The van der Waals surface area contributed by atoms with Crippen molar-refractivity contribution in [2.75, 3.05) is 6.61 Å². The fourth-order valence-corrected chi connectivity index (χ4v) is 2.49. The second-order valence-corrected chi connectivity index (χ2v) is 5.57. The van der Waals surface area contributed by atoms with Crippen LogP contribution in [-0.4, -0.2) is 24.9 Å². The van der Waals surface area contributed by atoms with Gasteiger partial charge >= 0.3 is 0 Å². The molecule has 0 saturated heterocycles. The lowest BCUT2D eigenvalue weighted by Gasteiger charge is -2.28. The molecule has 2 unspecified atom stereocenters. The molecular weight excluding hydrogens is 224 g/mol. The maximum absolute atomic E-state index is 6.04. The molecule has 0 bridgehead atoms. The van der Waals surface area contributed by atoms with Crippen LogP contribution in [0.25, 0.3) is 0 Å². The molecule has 1 aliphatic carbocycles. The summed E-state index contributed by atoms with van der Waals surface area (Å²) in [5.41, 5.74) is 0. The van der Waals surface area contributed by atoms with Crippen LogP contribution in [0.3, 0.4) is 0 Å². The Morgan fingerprint density at radius 2 is 1.83 bits per heavy atom. The van der Waals surface area contributed by atoms with Gasteiger partial charge in [-0.15, -0.1) is 0 Å². The quantitative estimate of drug-likeness (QED) is 0.564. The molecule has 0 heterocycles. The van der Waals surface area contributed by atoms with Gasteiger partial charge < -0.3 is 9.47 Å². The molecule has 18 heavy (non-hydrogen) atoms. The fourth-order valence-electron chi connectivity index (χ4n) is 2.49. The third-order valence-corrected chi connectivity index (χ3v) is 3.81. The molecular formula is C16H31O2. The van der Waals surface area contributed by atoms with Gasteiger partial charge in [0.25, 0.3) is 0 Å². The summed E-state index contributed by atoms with van der Waals surface area (Å²) in [6.45, 7) is 9.22. The van der Waals surface area contributed by atoms with Crippen molar-refractivity contribution in [3.63, 3.8) is 0 Å². The second kappa shape index (κ2) is 9.80. The van der Waals surface area contributed by atoms with E-state index >= 15 is 0 Å². The maximum atomic E-state index is 6.04. The molecule has 1 saturated carbocycles. The van der Waals surface area contributed by atoms with E-state index in [0.29, 0.717) is 6.10 Å². The van der Waals surface area contributed by atoms with Crippen LogP contribution in [0, 0.1) is 6.92 Å². The van der Waals surface area contributed by atoms with Gasteiger partial charge in [0, 0.05) is 6.61 Å². The van der Waals surface area contributed by atoms with Crippen molar-refractivity contribution in [1.29, 1.82) is 0 Å². The van der Waals surface area contributed by atoms with E-state index in [2.05, 4.69) is 20.8 Å². The minimum Gasteiger partial charge on any atom is -0.376 e. The van der Waals surface area contributed by atoms with E-state index in [1.807, 2.05) is 0 Å². The Bertz CT molecular complexity index is 188. The smallest absolute Gasteiger partial charge is 0.0835 e. The molecule has 2 nitrogen and oxygen atoms in total. The molecule has 0 spiro atoms. The van der Waals surface area contributed by atoms with Gasteiger partial charge in [0.15, 0.2) is 0 Å². The van der Waals surface area contributed by atoms with E-state index in [0.717, 1.165) is 13.0 Å². The molecule has 1 fully saturated rings. The number of ether oxygens (including phenoxy) is 2. The van der Waals surface area contributed by atoms with Crippen LogP contribution in [0.1, 0.15) is 71.6 Å². The zero-order chi connectivity index (χ0) is 13.2. The molecule has 0 aromatic rings. The number of rotatable bonds is 9. The van der Waals surface area contributed by atoms with Gasteiger partial charge in [-0.05, 0) is 33.1 Å². The van der Waals surface area contributed by atoms with Gasteiger partial charge in [-0.2, -0.15) is 0 Å². The first-order chi connectivity index (χ1) is 8.74. The minimum atomic E-state index is -0.0199. The first-order valence-corrected chi connectivity index (χ1v) is 7.84. The molecule has 0 amide bonds. The predicted molar refractivity (Wildman–Crippen MR) is 76.7 cm³/mol. The van der Waals surface area contributed by atoms with Crippen molar-refractivity contribution < 1.29 is 9.47 Å². The van der Waals surface area contributed by atoms with Gasteiger partial charge in [-0.1, -0.05) is 45.4 Å². The van der Waals surface area contributed by atoms with Crippen molar-refractivity contribution in [3.05, 3.63) is 6.92 Å². The average Bonchev–Trinajstić information content (AvgIpc) is 2.39. The summed E-state index contributed by atoms with van der Waals surface area (Å²) < 4.78 is 11.8. The van der Waals surface area contributed by atoms with Gasteiger partial charge in [0.05, 0.1) is 18.3 Å². The van der Waals surface area contributed by atoms with Crippen LogP contribution >= 0.6 is 0 Å². The lowest BCUT2D eigenvalue weighted by atomic mass is 9.97. The number of unbranched alkanes of at least 4 members (excludes halogenated alkanes) is 3. The van der Waals surface area contributed by atoms with Crippen LogP contribution in [0.15, 0.2) is 0 Å². The molecule has 1 aliphatic rings. The Kier molecular flexibility index (Phi) is 8.70. The molecule has 0 aliphatic heterocycles. The fraction of sp³-hybridized carbons (Fsp3) is 0.938. The van der Waals surface area contributed by atoms with Crippen LogP contribution in [-0.2, 0) is 9.47 Å². The summed E-state index contributed by atoms with van der Waals surface area (Å²) in [6, 6.07) is 0. The summed E-state index contributed by atoms with van der Waals surface area (Å²) in [6.07, 6.45) is 12.0. The molecule has 0 N–H and O–H groups in total. The summed E-state index contributed by atoms with van der Waals surface area (Å²) in [7, 11) is 0. The van der Waals surface area contributed by atoms with E-state index < -0.39 is 0 Å². The zero-order valence-corrected chi connectivity index (χ0v) is 12.3. The summed E-state index contributed by atoms with van der Waals surface area (Å²) in [4.78, 5) is 0. The van der Waals surface area contributed by atoms with Crippen molar-refractivity contribution in [3.8, 4) is 0 Å². The van der Waals surface area contributed by atoms with E-state index in [1.54, 1.807) is 0 Å². The van der Waals surface area contributed by atoms with Crippen molar-refractivity contribution in [2.45, 2.75) is 89.9 Å². The highest BCUT2D eigenvalue weighted by molar-refractivity contribution is 4.73. The van der Waals surface area contributed by atoms with Crippen molar-refractivity contribution in [2.24, 2.45) is 0 Å². The molecule has 1 radical (unpaired) electrons. The van der Waals surface area contributed by atoms with Gasteiger partial charge in [0.2, 0.25) is 0 Å². The molecule has 2 atom stereocenters. The van der Waals surface area contributed by atoms with Crippen LogP contribution in [0.2, 0.25) is 0 Å². The molecule has 107 valence electrons. The normalized spacial score (nSPS) is 20.8. The largest absolute Gasteiger partial charge is 0.376 e. The van der Waals surface area contributed by atoms with Gasteiger partial charge in [-0.25, -0.2) is 0 Å². The van der Waals surface area contributed by atoms with E-state index in [4.69, 9.17) is 9.47 Å². The van der Waals surface area contributed by atoms with Crippen LogP contribution < -0.4 is 0 Å². The zero-order valence-electron chi connectivity index (χ0n) is 12.3. The predicted octanol–water partition coefficient (Wildman–Crippen LogP) is 4.52. The van der Waals surface area contributed by atoms with Gasteiger partial charge in [-0.3, -0.25) is 0 Å². The van der Waals surface area contributed by atoms with E-state index in [9.17, 15) is 0 Å². The minimum absolute atomic E-state index is 0.0199. The Balaban J connectivity index is 2.06. The standard InChI is InChI=1S/C16H31O2/c1-4-5-6-10-13-17-14(2)15(3)18-16-11-8-7-9-12-16/h14-16H,2,4-13H2,1,3H3. The monoisotopic (exact) mass is 255 g/mol. The third kappa shape index (κ3) is 6.75. The Hall–Kier alpha value is -0.0800. The third-order valence-electron chi connectivity index (χ3n) is 3.81. The van der Waals surface area contributed by atoms with Crippen LogP contribution in [0.5, 0.6) is 0 Å². The molecule has 0 aromatic carbocycles. The Morgan fingerprint density at radius 3 is 2.50 bits per heavy atom. The highest BCUT2D eigenvalue weighted by Gasteiger charge is 2.20. The Morgan fingerprint density at radius 1 is 1.11 bits per heavy atom. The highest BCUT2D eigenvalue weighted by Crippen LogP contribution is 2.22. The number of hydrogen-bond donors (Lipinski definition) is 0. The highest BCUT2D eigenvalue weighted by atomic mass is 16.5. The number of hydrogen-bond acceptors (Lipinski definition) is 2. The second-order valence-electron chi connectivity index (χ2n) is 5.57. The van der Waals surface area contributed by atoms with E-state index in [1.165, 1.54) is 51.4 Å². The SMILES string of the molecule is [CH2]C(OCCCCCC)C(C)OC1CCCCC1. The topological polar surface area (TPSA) is 18.5 Å². The molecule has 2 heteroatoms.